The molecule has 0 amide bonds. The minimum absolute atomic E-state index is 0.0307. The second-order valence-electron chi connectivity index (χ2n) is 7.11. The van der Waals surface area contributed by atoms with Gasteiger partial charge in [-0.05, 0) is 36.8 Å². The zero-order valence-corrected chi connectivity index (χ0v) is 14.0. The second kappa shape index (κ2) is 8.33. The maximum atomic E-state index is 12.4. The van der Waals surface area contributed by atoms with Crippen LogP contribution in [0.15, 0.2) is 36.4 Å². The van der Waals surface area contributed by atoms with Crippen molar-refractivity contribution in [3.8, 4) is 0 Å². The number of carbonyl (C=O) groups excluding carboxylic acids is 1. The maximum Gasteiger partial charge on any atom is 0.309 e. The standard InChI is InChI=1S/C21H28O2/c22-21(19-12-6-7-13-19)23-20(16-18-10-4-5-11-18)15-14-17-8-2-1-3-9-17/h1-3,8-9,14-15,18-20H,4-7,10-13,16H2/b15-14+/t20-/m1/s1. The first-order valence-corrected chi connectivity index (χ1v) is 9.25. The Kier molecular flexibility index (Phi) is 5.90. The molecule has 0 aliphatic heterocycles. The SMILES string of the molecule is O=C(O[C@H](/C=C/c1ccccc1)CC1CCCC1)C1CCCC1. The molecule has 124 valence electrons. The molecule has 1 aromatic carbocycles. The molecule has 0 heterocycles. The summed E-state index contributed by atoms with van der Waals surface area (Å²) in [7, 11) is 0. The summed E-state index contributed by atoms with van der Waals surface area (Å²) in [4.78, 5) is 12.4. The largest absolute Gasteiger partial charge is 0.458 e. The number of esters is 1. The van der Waals surface area contributed by atoms with Gasteiger partial charge in [0.15, 0.2) is 0 Å². The predicted molar refractivity (Wildman–Crippen MR) is 93.9 cm³/mol. The molecule has 3 rings (SSSR count). The Bertz CT molecular complexity index is 508. The van der Waals surface area contributed by atoms with Gasteiger partial charge >= 0.3 is 5.97 Å². The van der Waals surface area contributed by atoms with Crippen molar-refractivity contribution >= 4 is 12.0 Å². The normalized spacial score (nSPS) is 21.0. The summed E-state index contributed by atoms with van der Waals surface area (Å²) in [6.45, 7) is 0. The van der Waals surface area contributed by atoms with Gasteiger partial charge in [-0.1, -0.05) is 74.9 Å². The Morgan fingerprint density at radius 3 is 2.39 bits per heavy atom. The lowest BCUT2D eigenvalue weighted by atomic mass is 9.99. The molecule has 0 radical (unpaired) electrons. The fraction of sp³-hybridized carbons (Fsp3) is 0.571. The van der Waals surface area contributed by atoms with Gasteiger partial charge in [0.2, 0.25) is 0 Å². The lowest BCUT2D eigenvalue weighted by molar-refractivity contribution is -0.152. The lowest BCUT2D eigenvalue weighted by Crippen LogP contribution is -2.23. The number of ether oxygens (including phenoxy) is 1. The summed E-state index contributed by atoms with van der Waals surface area (Å²) in [6, 6.07) is 10.3. The first-order valence-electron chi connectivity index (χ1n) is 9.25. The molecule has 0 bridgehead atoms. The molecule has 2 heteroatoms. The quantitative estimate of drug-likeness (QED) is 0.659. The molecule has 0 saturated heterocycles. The molecule has 23 heavy (non-hydrogen) atoms. The van der Waals surface area contributed by atoms with Crippen molar-refractivity contribution in [2.45, 2.75) is 63.9 Å². The van der Waals surface area contributed by atoms with Crippen LogP contribution >= 0.6 is 0 Å². The van der Waals surface area contributed by atoms with Crippen molar-refractivity contribution in [3.05, 3.63) is 42.0 Å². The van der Waals surface area contributed by atoms with Gasteiger partial charge in [0.1, 0.15) is 6.10 Å². The van der Waals surface area contributed by atoms with Crippen molar-refractivity contribution < 1.29 is 9.53 Å². The van der Waals surface area contributed by atoms with Crippen LogP contribution in [0.1, 0.15) is 63.4 Å². The third-order valence-electron chi connectivity index (χ3n) is 5.30. The molecule has 1 aromatic rings. The summed E-state index contributed by atoms with van der Waals surface area (Å²) >= 11 is 0. The highest BCUT2D eigenvalue weighted by Gasteiger charge is 2.27. The van der Waals surface area contributed by atoms with E-state index in [1.165, 1.54) is 44.1 Å². The maximum absolute atomic E-state index is 12.4. The van der Waals surface area contributed by atoms with E-state index in [0.717, 1.165) is 25.2 Å². The van der Waals surface area contributed by atoms with Crippen molar-refractivity contribution in [1.82, 2.24) is 0 Å². The summed E-state index contributed by atoms with van der Waals surface area (Å²) in [5, 5.41) is 0. The Labute approximate surface area is 139 Å². The van der Waals surface area contributed by atoms with Gasteiger partial charge < -0.3 is 4.74 Å². The van der Waals surface area contributed by atoms with Crippen LogP contribution in [-0.2, 0) is 9.53 Å². The number of benzene rings is 1. The number of hydrogen-bond donors (Lipinski definition) is 0. The van der Waals surface area contributed by atoms with Crippen LogP contribution in [0.25, 0.3) is 6.08 Å². The van der Waals surface area contributed by atoms with Gasteiger partial charge in [-0.15, -0.1) is 0 Å². The molecule has 2 fully saturated rings. The van der Waals surface area contributed by atoms with Crippen LogP contribution in [-0.4, -0.2) is 12.1 Å². The van der Waals surface area contributed by atoms with Gasteiger partial charge in [-0.25, -0.2) is 0 Å². The van der Waals surface area contributed by atoms with Gasteiger partial charge in [0, 0.05) is 0 Å². The molecule has 0 spiro atoms. The topological polar surface area (TPSA) is 26.3 Å². The highest BCUT2D eigenvalue weighted by Crippen LogP contribution is 2.31. The summed E-state index contributed by atoms with van der Waals surface area (Å²) in [5.41, 5.74) is 1.17. The van der Waals surface area contributed by atoms with Crippen LogP contribution in [0.2, 0.25) is 0 Å². The van der Waals surface area contributed by atoms with Gasteiger partial charge in [-0.2, -0.15) is 0 Å². The van der Waals surface area contributed by atoms with Crippen molar-refractivity contribution in [1.29, 1.82) is 0 Å². The lowest BCUT2D eigenvalue weighted by Gasteiger charge is -2.20. The third-order valence-corrected chi connectivity index (χ3v) is 5.30. The van der Waals surface area contributed by atoms with Gasteiger partial charge in [-0.3, -0.25) is 4.79 Å². The minimum atomic E-state index is -0.0635. The van der Waals surface area contributed by atoms with E-state index in [-0.39, 0.29) is 18.0 Å². The van der Waals surface area contributed by atoms with Crippen molar-refractivity contribution in [2.24, 2.45) is 11.8 Å². The fourth-order valence-corrected chi connectivity index (χ4v) is 3.93. The van der Waals surface area contributed by atoms with E-state index < -0.39 is 0 Å². The molecule has 0 aromatic heterocycles. The number of hydrogen-bond acceptors (Lipinski definition) is 2. The highest BCUT2D eigenvalue weighted by molar-refractivity contribution is 5.73. The first kappa shape index (κ1) is 16.3. The molecule has 0 unspecified atom stereocenters. The summed E-state index contributed by atoms with van der Waals surface area (Å²) in [6.07, 6.45) is 14.7. The minimum Gasteiger partial charge on any atom is -0.458 e. The Balaban J connectivity index is 1.62. The zero-order chi connectivity index (χ0) is 15.9. The summed E-state index contributed by atoms with van der Waals surface area (Å²) in [5.74, 6) is 0.895. The fourth-order valence-electron chi connectivity index (χ4n) is 3.93. The van der Waals surface area contributed by atoms with Crippen LogP contribution in [0.3, 0.4) is 0 Å². The van der Waals surface area contributed by atoms with E-state index in [0.29, 0.717) is 0 Å². The van der Waals surface area contributed by atoms with E-state index in [9.17, 15) is 4.79 Å². The number of carbonyl (C=O) groups is 1. The Hall–Kier alpha value is -1.57. The predicted octanol–water partition coefficient (Wildman–Crippen LogP) is 5.38. The molecule has 0 N–H and O–H groups in total. The molecule has 2 saturated carbocycles. The molecule has 2 aliphatic rings. The van der Waals surface area contributed by atoms with Gasteiger partial charge in [0.25, 0.3) is 0 Å². The zero-order valence-electron chi connectivity index (χ0n) is 14.0. The average Bonchev–Trinajstić information content (AvgIpc) is 3.27. The Morgan fingerprint density at radius 2 is 1.70 bits per heavy atom. The van der Waals surface area contributed by atoms with E-state index >= 15 is 0 Å². The van der Waals surface area contributed by atoms with E-state index in [4.69, 9.17) is 4.74 Å². The van der Waals surface area contributed by atoms with Crippen LogP contribution < -0.4 is 0 Å². The highest BCUT2D eigenvalue weighted by atomic mass is 16.5. The molecular formula is C21H28O2. The molecule has 1 atom stereocenters. The van der Waals surface area contributed by atoms with Gasteiger partial charge in [0.05, 0.1) is 5.92 Å². The van der Waals surface area contributed by atoms with Crippen LogP contribution in [0.4, 0.5) is 0 Å². The average molecular weight is 312 g/mol. The molecule has 2 aliphatic carbocycles. The van der Waals surface area contributed by atoms with Crippen LogP contribution in [0, 0.1) is 11.8 Å². The van der Waals surface area contributed by atoms with E-state index in [2.05, 4.69) is 24.3 Å². The van der Waals surface area contributed by atoms with E-state index in [1.54, 1.807) is 0 Å². The summed E-state index contributed by atoms with van der Waals surface area (Å²) < 4.78 is 5.89. The molecule has 2 nitrogen and oxygen atoms in total. The first-order chi connectivity index (χ1) is 11.3. The van der Waals surface area contributed by atoms with Crippen molar-refractivity contribution in [2.75, 3.05) is 0 Å². The smallest absolute Gasteiger partial charge is 0.309 e. The van der Waals surface area contributed by atoms with Crippen LogP contribution in [0.5, 0.6) is 0 Å². The third kappa shape index (κ3) is 4.95. The second-order valence-corrected chi connectivity index (χ2v) is 7.11. The monoisotopic (exact) mass is 312 g/mol. The van der Waals surface area contributed by atoms with E-state index in [1.807, 2.05) is 18.2 Å². The molecular weight excluding hydrogens is 284 g/mol. The van der Waals surface area contributed by atoms with Crippen molar-refractivity contribution in [3.63, 3.8) is 0 Å². The number of rotatable bonds is 6. The Morgan fingerprint density at radius 1 is 1.04 bits per heavy atom.